The van der Waals surface area contributed by atoms with Crippen LogP contribution in [0.25, 0.3) is 5.57 Å². The average Bonchev–Trinajstić information content (AvgIpc) is 2.47. The van der Waals surface area contributed by atoms with Crippen LogP contribution in [0.1, 0.15) is 48.8 Å². The van der Waals surface area contributed by atoms with E-state index in [9.17, 15) is 0 Å². The van der Waals surface area contributed by atoms with Crippen LogP contribution < -0.4 is 0 Å². The van der Waals surface area contributed by atoms with Crippen LogP contribution in [0.2, 0.25) is 0 Å². The molecule has 2 aliphatic carbocycles. The summed E-state index contributed by atoms with van der Waals surface area (Å²) in [5.74, 6) is 0. The van der Waals surface area contributed by atoms with Crippen molar-refractivity contribution in [1.29, 1.82) is 0 Å². The van der Waals surface area contributed by atoms with Crippen molar-refractivity contribution in [1.82, 2.24) is 4.90 Å². The van der Waals surface area contributed by atoms with Gasteiger partial charge in [0.05, 0.1) is 0 Å². The first-order valence-corrected chi connectivity index (χ1v) is 7.72. The fourth-order valence-corrected chi connectivity index (χ4v) is 3.59. The first-order chi connectivity index (χ1) is 9.25. The Labute approximate surface area is 117 Å². The van der Waals surface area contributed by atoms with Gasteiger partial charge in [0.1, 0.15) is 0 Å². The molecular formula is C18H25N. The Bertz CT molecular complexity index is 484. The van der Waals surface area contributed by atoms with Crippen LogP contribution in [0.5, 0.6) is 0 Å². The molecule has 102 valence electrons. The van der Waals surface area contributed by atoms with Gasteiger partial charge in [-0.2, -0.15) is 0 Å². The molecule has 0 bridgehead atoms. The molecule has 0 saturated carbocycles. The number of hydrogen-bond donors (Lipinski definition) is 0. The van der Waals surface area contributed by atoms with Gasteiger partial charge < -0.3 is 4.90 Å². The number of likely N-dealkylation sites (N-methyl/N-ethyl adjacent to an activating group) is 1. The highest BCUT2D eigenvalue weighted by Crippen LogP contribution is 2.34. The van der Waals surface area contributed by atoms with Crippen molar-refractivity contribution < 1.29 is 0 Å². The third-order valence-electron chi connectivity index (χ3n) is 4.83. The highest BCUT2D eigenvalue weighted by molar-refractivity contribution is 5.70. The van der Waals surface area contributed by atoms with Crippen molar-refractivity contribution >= 4 is 5.57 Å². The van der Waals surface area contributed by atoms with Gasteiger partial charge in [0, 0.05) is 6.04 Å². The van der Waals surface area contributed by atoms with Crippen LogP contribution in [0.15, 0.2) is 24.3 Å². The monoisotopic (exact) mass is 255 g/mol. The number of allylic oxidation sites excluding steroid dienone is 2. The third kappa shape index (κ3) is 2.62. The van der Waals surface area contributed by atoms with E-state index < -0.39 is 0 Å². The number of nitrogens with zero attached hydrogens (tertiary/aromatic N) is 1. The van der Waals surface area contributed by atoms with Crippen molar-refractivity contribution in [2.75, 3.05) is 14.1 Å². The van der Waals surface area contributed by atoms with Gasteiger partial charge in [-0.05, 0) is 81.3 Å². The van der Waals surface area contributed by atoms with E-state index in [2.05, 4.69) is 43.3 Å². The molecule has 1 heteroatoms. The molecule has 0 unspecified atom stereocenters. The van der Waals surface area contributed by atoms with Crippen molar-refractivity contribution in [3.05, 3.63) is 41.0 Å². The van der Waals surface area contributed by atoms with Crippen molar-refractivity contribution in [2.24, 2.45) is 0 Å². The summed E-state index contributed by atoms with van der Waals surface area (Å²) in [5, 5.41) is 0. The van der Waals surface area contributed by atoms with Gasteiger partial charge in [-0.25, -0.2) is 0 Å². The molecule has 3 rings (SSSR count). The van der Waals surface area contributed by atoms with E-state index >= 15 is 0 Å². The summed E-state index contributed by atoms with van der Waals surface area (Å²) in [6.07, 6.45) is 11.6. The molecule has 0 fully saturated rings. The summed E-state index contributed by atoms with van der Waals surface area (Å²) in [6, 6.07) is 7.68. The second-order valence-electron chi connectivity index (χ2n) is 6.28. The average molecular weight is 255 g/mol. The minimum absolute atomic E-state index is 0.720. The van der Waals surface area contributed by atoms with E-state index in [0.29, 0.717) is 0 Å². The Morgan fingerprint density at radius 3 is 2.74 bits per heavy atom. The second-order valence-corrected chi connectivity index (χ2v) is 6.28. The predicted octanol–water partition coefficient (Wildman–Crippen LogP) is 4.06. The SMILES string of the molecule is CN(C)[C@@H]1CCc2cccc(C3=CCCCC3)c2C1. The molecule has 2 aliphatic rings. The second kappa shape index (κ2) is 5.50. The lowest BCUT2D eigenvalue weighted by atomic mass is 9.81. The molecule has 0 aliphatic heterocycles. The van der Waals surface area contributed by atoms with E-state index in [1.54, 1.807) is 22.3 Å². The fourth-order valence-electron chi connectivity index (χ4n) is 3.59. The van der Waals surface area contributed by atoms with Gasteiger partial charge in [-0.1, -0.05) is 24.3 Å². The van der Waals surface area contributed by atoms with E-state index in [4.69, 9.17) is 0 Å². The zero-order chi connectivity index (χ0) is 13.2. The molecule has 1 atom stereocenters. The maximum absolute atomic E-state index is 2.48. The van der Waals surface area contributed by atoms with Crippen molar-refractivity contribution in [3.63, 3.8) is 0 Å². The molecule has 0 N–H and O–H groups in total. The predicted molar refractivity (Wildman–Crippen MR) is 82.4 cm³/mol. The number of fused-ring (bicyclic) bond motifs is 1. The molecule has 1 aromatic rings. The molecule has 0 radical (unpaired) electrons. The minimum atomic E-state index is 0.720. The molecule has 0 aromatic heterocycles. The largest absolute Gasteiger partial charge is 0.306 e. The molecule has 0 spiro atoms. The highest BCUT2D eigenvalue weighted by Gasteiger charge is 2.23. The molecule has 0 amide bonds. The van der Waals surface area contributed by atoms with Crippen molar-refractivity contribution in [2.45, 2.75) is 51.0 Å². The van der Waals surface area contributed by atoms with Gasteiger partial charge >= 0.3 is 0 Å². The van der Waals surface area contributed by atoms with Crippen molar-refractivity contribution in [3.8, 4) is 0 Å². The quantitative estimate of drug-likeness (QED) is 0.770. The van der Waals surface area contributed by atoms with Crippen LogP contribution in [0, 0.1) is 0 Å². The summed E-state index contributed by atoms with van der Waals surface area (Å²) in [7, 11) is 4.44. The lowest BCUT2D eigenvalue weighted by molar-refractivity contribution is 0.268. The Morgan fingerprint density at radius 1 is 1.11 bits per heavy atom. The molecule has 0 saturated heterocycles. The van der Waals surface area contributed by atoms with E-state index in [0.717, 1.165) is 6.04 Å². The number of hydrogen-bond acceptors (Lipinski definition) is 1. The summed E-state index contributed by atoms with van der Waals surface area (Å²) < 4.78 is 0. The van der Waals surface area contributed by atoms with Gasteiger partial charge in [0.2, 0.25) is 0 Å². The van der Waals surface area contributed by atoms with Crippen LogP contribution in [0.4, 0.5) is 0 Å². The Hall–Kier alpha value is -1.08. The van der Waals surface area contributed by atoms with Crippen LogP contribution in [0.3, 0.4) is 0 Å². The Morgan fingerprint density at radius 2 is 2.00 bits per heavy atom. The molecule has 1 nitrogen and oxygen atoms in total. The minimum Gasteiger partial charge on any atom is -0.306 e. The molecule has 1 aromatic carbocycles. The Balaban J connectivity index is 1.96. The maximum atomic E-state index is 2.48. The maximum Gasteiger partial charge on any atom is 0.0133 e. The number of benzene rings is 1. The summed E-state index contributed by atoms with van der Waals surface area (Å²) in [5.41, 5.74) is 6.41. The summed E-state index contributed by atoms with van der Waals surface area (Å²) in [6.45, 7) is 0. The highest BCUT2D eigenvalue weighted by atomic mass is 15.1. The number of aryl methyl sites for hydroxylation is 1. The van der Waals surface area contributed by atoms with Crippen LogP contribution in [-0.2, 0) is 12.8 Å². The van der Waals surface area contributed by atoms with Crippen LogP contribution >= 0.6 is 0 Å². The van der Waals surface area contributed by atoms with Crippen LogP contribution in [-0.4, -0.2) is 25.0 Å². The zero-order valence-electron chi connectivity index (χ0n) is 12.3. The fraction of sp³-hybridized carbons (Fsp3) is 0.556. The van der Waals surface area contributed by atoms with E-state index in [1.807, 2.05) is 0 Å². The topological polar surface area (TPSA) is 3.24 Å². The van der Waals surface area contributed by atoms with E-state index in [-0.39, 0.29) is 0 Å². The first-order valence-electron chi connectivity index (χ1n) is 7.72. The van der Waals surface area contributed by atoms with Gasteiger partial charge in [-0.15, -0.1) is 0 Å². The van der Waals surface area contributed by atoms with Gasteiger partial charge in [0.15, 0.2) is 0 Å². The smallest absolute Gasteiger partial charge is 0.0133 e. The summed E-state index contributed by atoms with van der Waals surface area (Å²) in [4.78, 5) is 2.40. The molecule has 19 heavy (non-hydrogen) atoms. The number of rotatable bonds is 2. The Kier molecular flexibility index (Phi) is 3.74. The lowest BCUT2D eigenvalue weighted by Gasteiger charge is -2.32. The normalized spacial score (nSPS) is 23.1. The van der Waals surface area contributed by atoms with Gasteiger partial charge in [-0.3, -0.25) is 0 Å². The lowest BCUT2D eigenvalue weighted by Crippen LogP contribution is -2.34. The third-order valence-corrected chi connectivity index (χ3v) is 4.83. The van der Waals surface area contributed by atoms with Gasteiger partial charge in [0.25, 0.3) is 0 Å². The molecular weight excluding hydrogens is 230 g/mol. The van der Waals surface area contributed by atoms with E-state index in [1.165, 1.54) is 44.9 Å². The standard InChI is InChI=1S/C18H25N/c1-19(2)16-12-11-15-9-6-10-17(18(15)13-16)14-7-4-3-5-8-14/h6-7,9-10,16H,3-5,8,11-13H2,1-2H3/t16-/m1/s1. The summed E-state index contributed by atoms with van der Waals surface area (Å²) >= 11 is 0. The molecule has 0 heterocycles. The zero-order valence-corrected chi connectivity index (χ0v) is 12.3. The first kappa shape index (κ1) is 12.9.